The highest BCUT2D eigenvalue weighted by atomic mass is 32.1. The summed E-state index contributed by atoms with van der Waals surface area (Å²) in [5, 5.41) is 2.62. The quantitative estimate of drug-likeness (QED) is 0.221. The molecule has 3 rings (SSSR count). The van der Waals surface area contributed by atoms with Crippen molar-refractivity contribution in [3.8, 4) is 11.1 Å². The first-order chi connectivity index (χ1) is 16.2. The van der Waals surface area contributed by atoms with Gasteiger partial charge in [0.15, 0.2) is 5.78 Å². The van der Waals surface area contributed by atoms with E-state index in [1.54, 1.807) is 0 Å². The molecule has 0 aliphatic heterocycles. The molecule has 1 N–H and O–H groups in total. The van der Waals surface area contributed by atoms with Crippen molar-refractivity contribution in [2.75, 3.05) is 18.9 Å². The van der Waals surface area contributed by atoms with E-state index in [0.717, 1.165) is 18.6 Å². The van der Waals surface area contributed by atoms with Crippen molar-refractivity contribution in [1.82, 2.24) is 5.32 Å². The van der Waals surface area contributed by atoms with Gasteiger partial charge in [0.05, 0.1) is 6.54 Å². The summed E-state index contributed by atoms with van der Waals surface area (Å²) in [6.45, 7) is 0.310. The van der Waals surface area contributed by atoms with Crippen LogP contribution in [0.5, 0.6) is 0 Å². The fourth-order valence-corrected chi connectivity index (χ4v) is 4.80. The van der Waals surface area contributed by atoms with Gasteiger partial charge < -0.3 is 10.1 Å². The third-order valence-corrected chi connectivity index (χ3v) is 6.70. The number of ether oxygens (including phenoxy) is 1. The van der Waals surface area contributed by atoms with Crippen LogP contribution in [0.3, 0.4) is 0 Å². The first kappa shape index (κ1) is 25.4. The first-order valence-electron chi connectivity index (χ1n) is 12.4. The molecule has 1 aliphatic carbocycles. The highest BCUT2D eigenvalue weighted by molar-refractivity contribution is 7.80. The van der Waals surface area contributed by atoms with Crippen molar-refractivity contribution in [2.45, 2.75) is 70.1 Å². The Morgan fingerprint density at radius 2 is 1.27 bits per heavy atom. The molecule has 0 bridgehead atoms. The van der Waals surface area contributed by atoms with E-state index in [1.807, 2.05) is 24.3 Å². The minimum absolute atomic E-state index is 0.0295. The predicted octanol–water partition coefficient (Wildman–Crippen LogP) is 6.93. The lowest BCUT2D eigenvalue weighted by atomic mass is 9.98. The number of rotatable bonds is 15. The van der Waals surface area contributed by atoms with Gasteiger partial charge in [-0.25, -0.2) is 4.79 Å². The van der Waals surface area contributed by atoms with E-state index < -0.39 is 6.09 Å². The maximum atomic E-state index is 12.2. The molecule has 0 radical (unpaired) electrons. The van der Waals surface area contributed by atoms with E-state index >= 15 is 0 Å². The summed E-state index contributed by atoms with van der Waals surface area (Å²) in [6, 6.07) is 16.5. The number of hydrogen-bond donors (Lipinski definition) is 2. The molecule has 1 aliphatic rings. The summed E-state index contributed by atoms with van der Waals surface area (Å²) >= 11 is 4.23. The lowest BCUT2D eigenvalue weighted by Crippen LogP contribution is -2.31. The number of carbonyl (C=O) groups is 2. The van der Waals surface area contributed by atoms with Crippen LogP contribution < -0.4 is 5.32 Å². The second-order valence-electron chi connectivity index (χ2n) is 8.87. The van der Waals surface area contributed by atoms with E-state index in [2.05, 4.69) is 42.2 Å². The number of alkyl carbamates (subject to hydrolysis) is 1. The molecule has 0 fully saturated rings. The number of fused-ring (bicyclic) bond motifs is 3. The molecule has 0 spiro atoms. The predicted molar refractivity (Wildman–Crippen MR) is 138 cm³/mol. The summed E-state index contributed by atoms with van der Waals surface area (Å²) in [7, 11) is 0. The van der Waals surface area contributed by atoms with Crippen molar-refractivity contribution in [1.29, 1.82) is 0 Å². The third kappa shape index (κ3) is 7.92. The van der Waals surface area contributed by atoms with Gasteiger partial charge in [-0.2, -0.15) is 12.6 Å². The normalized spacial score (nSPS) is 12.3. The monoisotopic (exact) mass is 467 g/mol. The van der Waals surface area contributed by atoms with E-state index in [9.17, 15) is 9.59 Å². The number of amides is 1. The topological polar surface area (TPSA) is 55.4 Å². The standard InChI is InChI=1S/C28H37NO3S/c30-22(14-8-6-4-2-1-3-5-7-13-19-33)20-29-28(31)32-21-27-25-17-11-9-15-23(25)24-16-10-12-18-26(24)27/h9-12,15-18,27,33H,1-8,13-14,19-21H2,(H,29,31). The van der Waals surface area contributed by atoms with Gasteiger partial charge in [0.25, 0.3) is 0 Å². The summed E-state index contributed by atoms with van der Waals surface area (Å²) in [5.74, 6) is 1.08. The molecule has 0 atom stereocenters. The smallest absolute Gasteiger partial charge is 0.407 e. The number of nitrogens with one attached hydrogen (secondary N) is 1. The lowest BCUT2D eigenvalue weighted by Gasteiger charge is -2.14. The second kappa shape index (κ2) is 14.1. The molecule has 5 heteroatoms. The number of Topliss-reactive ketones (excluding diaryl/α,β-unsaturated/α-hetero) is 1. The highest BCUT2D eigenvalue weighted by Gasteiger charge is 2.28. The Balaban J connectivity index is 1.28. The molecule has 4 nitrogen and oxygen atoms in total. The van der Waals surface area contributed by atoms with Crippen LogP contribution in [0.1, 0.15) is 81.3 Å². The van der Waals surface area contributed by atoms with Gasteiger partial charge in [0.1, 0.15) is 6.61 Å². The summed E-state index contributed by atoms with van der Waals surface area (Å²) < 4.78 is 5.49. The van der Waals surface area contributed by atoms with Crippen molar-refractivity contribution >= 4 is 24.5 Å². The molecule has 0 unspecified atom stereocenters. The number of thiol groups is 1. The Hall–Kier alpha value is -2.27. The third-order valence-electron chi connectivity index (χ3n) is 6.39. The van der Waals surface area contributed by atoms with Gasteiger partial charge in [-0.3, -0.25) is 4.79 Å². The van der Waals surface area contributed by atoms with E-state index in [-0.39, 0.29) is 24.9 Å². The highest BCUT2D eigenvalue weighted by Crippen LogP contribution is 2.44. The second-order valence-corrected chi connectivity index (χ2v) is 9.32. The van der Waals surface area contributed by atoms with Crippen molar-refractivity contribution < 1.29 is 14.3 Å². The van der Waals surface area contributed by atoms with Gasteiger partial charge in [0, 0.05) is 12.3 Å². The van der Waals surface area contributed by atoms with Gasteiger partial charge in [0.2, 0.25) is 0 Å². The molecule has 33 heavy (non-hydrogen) atoms. The van der Waals surface area contributed by atoms with Gasteiger partial charge in [-0.1, -0.05) is 93.5 Å². The van der Waals surface area contributed by atoms with Crippen LogP contribution in [0.2, 0.25) is 0 Å². The van der Waals surface area contributed by atoms with Crippen molar-refractivity contribution in [3.05, 3.63) is 59.7 Å². The molecule has 2 aromatic rings. The Kier molecular flexibility index (Phi) is 10.8. The molecule has 0 saturated heterocycles. The summed E-state index contributed by atoms with van der Waals surface area (Å²) in [6.07, 6.45) is 10.8. The summed E-state index contributed by atoms with van der Waals surface area (Å²) in [4.78, 5) is 24.3. The molecule has 2 aromatic carbocycles. The SMILES string of the molecule is O=C(CCCCCCCCCCCS)CNC(=O)OCC1c2ccccc2-c2ccccc21. The summed E-state index contributed by atoms with van der Waals surface area (Å²) in [5.41, 5.74) is 4.76. The van der Waals surface area contributed by atoms with Gasteiger partial charge in [-0.15, -0.1) is 0 Å². The number of ketones is 1. The molecule has 0 aromatic heterocycles. The average Bonchev–Trinajstić information content (AvgIpc) is 3.16. The van der Waals surface area contributed by atoms with E-state index in [0.29, 0.717) is 6.42 Å². The Morgan fingerprint density at radius 1 is 0.758 bits per heavy atom. The van der Waals surface area contributed by atoms with Crippen LogP contribution in [0, 0.1) is 0 Å². The van der Waals surface area contributed by atoms with E-state index in [1.165, 1.54) is 67.2 Å². The Labute approximate surface area is 203 Å². The number of carbonyl (C=O) groups excluding carboxylic acids is 2. The zero-order valence-electron chi connectivity index (χ0n) is 19.6. The van der Waals surface area contributed by atoms with Crippen molar-refractivity contribution in [2.24, 2.45) is 0 Å². The average molecular weight is 468 g/mol. The van der Waals surface area contributed by atoms with E-state index in [4.69, 9.17) is 4.74 Å². The van der Waals surface area contributed by atoms with Crippen LogP contribution >= 0.6 is 12.6 Å². The Bertz CT molecular complexity index is 853. The van der Waals surface area contributed by atoms with Crippen LogP contribution in [0.15, 0.2) is 48.5 Å². The maximum Gasteiger partial charge on any atom is 0.407 e. The molecule has 1 amide bonds. The number of hydrogen-bond acceptors (Lipinski definition) is 4. The van der Waals surface area contributed by atoms with Crippen molar-refractivity contribution in [3.63, 3.8) is 0 Å². The first-order valence-corrected chi connectivity index (χ1v) is 13.1. The maximum absolute atomic E-state index is 12.2. The van der Waals surface area contributed by atoms with Gasteiger partial charge in [-0.05, 0) is 40.8 Å². The van der Waals surface area contributed by atoms with Crippen LogP contribution in [0.25, 0.3) is 11.1 Å². The lowest BCUT2D eigenvalue weighted by molar-refractivity contribution is -0.118. The largest absolute Gasteiger partial charge is 0.449 e. The molecule has 178 valence electrons. The van der Waals surface area contributed by atoms with Gasteiger partial charge >= 0.3 is 6.09 Å². The Morgan fingerprint density at radius 3 is 1.85 bits per heavy atom. The molecule has 0 saturated carbocycles. The molecular formula is C28H37NO3S. The number of unbranched alkanes of at least 4 members (excludes halogenated alkanes) is 8. The van der Waals surface area contributed by atoms with Crippen LogP contribution in [0.4, 0.5) is 4.79 Å². The minimum Gasteiger partial charge on any atom is -0.449 e. The van der Waals surface area contributed by atoms with Crippen LogP contribution in [-0.2, 0) is 9.53 Å². The zero-order valence-corrected chi connectivity index (χ0v) is 20.5. The minimum atomic E-state index is -0.525. The zero-order chi connectivity index (χ0) is 23.3. The molecule has 0 heterocycles. The van der Waals surface area contributed by atoms with Crippen LogP contribution in [-0.4, -0.2) is 30.8 Å². The molecular weight excluding hydrogens is 430 g/mol. The number of benzene rings is 2. The fourth-order valence-electron chi connectivity index (χ4n) is 4.58. The fraction of sp³-hybridized carbons (Fsp3) is 0.500.